The van der Waals surface area contributed by atoms with Crippen LogP contribution in [-0.4, -0.2) is 10.2 Å². The summed E-state index contributed by atoms with van der Waals surface area (Å²) in [7, 11) is 0. The lowest BCUT2D eigenvalue weighted by atomic mass is 10.3. The van der Waals surface area contributed by atoms with Crippen LogP contribution in [0.25, 0.3) is 11.5 Å². The Bertz CT molecular complexity index is 659. The highest BCUT2D eigenvalue weighted by Crippen LogP contribution is 2.22. The van der Waals surface area contributed by atoms with Crippen LogP contribution in [0, 0.1) is 0 Å². The number of furan rings is 1. The Balaban J connectivity index is 1.70. The molecule has 0 fully saturated rings. The van der Waals surface area contributed by atoms with E-state index in [0.717, 1.165) is 17.1 Å². The predicted octanol–water partition coefficient (Wildman–Crippen LogP) is 2.83. The molecule has 19 heavy (non-hydrogen) atoms. The number of aromatic amines is 1. The van der Waals surface area contributed by atoms with Gasteiger partial charge < -0.3 is 14.9 Å². The van der Waals surface area contributed by atoms with E-state index in [1.54, 1.807) is 12.3 Å². The summed E-state index contributed by atoms with van der Waals surface area (Å²) < 4.78 is 10.9. The lowest BCUT2D eigenvalue weighted by molar-refractivity contribution is 0.303. The Kier molecular flexibility index (Phi) is 2.94. The number of nitrogen functional groups attached to an aromatic ring is 1. The van der Waals surface area contributed by atoms with Crippen LogP contribution >= 0.6 is 0 Å². The van der Waals surface area contributed by atoms with Gasteiger partial charge in [0, 0.05) is 0 Å². The van der Waals surface area contributed by atoms with E-state index in [-0.39, 0.29) is 0 Å². The molecule has 0 unspecified atom stereocenters. The van der Waals surface area contributed by atoms with Crippen molar-refractivity contribution < 1.29 is 9.15 Å². The first-order chi connectivity index (χ1) is 9.33. The number of para-hydroxylation sites is 2. The first-order valence-corrected chi connectivity index (χ1v) is 5.88. The molecule has 96 valence electrons. The average Bonchev–Trinajstić information content (AvgIpc) is 3.09. The highest BCUT2D eigenvalue weighted by molar-refractivity contribution is 5.53. The monoisotopic (exact) mass is 255 g/mol. The van der Waals surface area contributed by atoms with Gasteiger partial charge in [0.25, 0.3) is 0 Å². The van der Waals surface area contributed by atoms with E-state index < -0.39 is 0 Å². The fourth-order valence-electron chi connectivity index (χ4n) is 1.75. The summed E-state index contributed by atoms with van der Waals surface area (Å²) in [5.41, 5.74) is 8.03. The number of hydrogen-bond donors (Lipinski definition) is 2. The highest BCUT2D eigenvalue weighted by atomic mass is 16.5. The van der Waals surface area contributed by atoms with Crippen molar-refractivity contribution in [3.8, 4) is 17.2 Å². The zero-order chi connectivity index (χ0) is 13.1. The molecule has 2 aromatic heterocycles. The molecule has 0 aliphatic carbocycles. The molecular formula is C14H13N3O2. The Morgan fingerprint density at radius 1 is 1.21 bits per heavy atom. The summed E-state index contributed by atoms with van der Waals surface area (Å²) in [6.07, 6.45) is 1.62. The second-order valence-electron chi connectivity index (χ2n) is 4.08. The maximum absolute atomic E-state index is 5.80. The Labute approximate surface area is 110 Å². The van der Waals surface area contributed by atoms with Crippen molar-refractivity contribution >= 4 is 5.69 Å². The van der Waals surface area contributed by atoms with Crippen molar-refractivity contribution in [1.29, 1.82) is 0 Å². The summed E-state index contributed by atoms with van der Waals surface area (Å²) >= 11 is 0. The smallest absolute Gasteiger partial charge is 0.154 e. The number of benzene rings is 1. The van der Waals surface area contributed by atoms with E-state index in [2.05, 4.69) is 10.2 Å². The van der Waals surface area contributed by atoms with Crippen LogP contribution in [0.3, 0.4) is 0 Å². The summed E-state index contributed by atoms with van der Waals surface area (Å²) in [4.78, 5) is 0. The number of aromatic nitrogens is 2. The third-order valence-corrected chi connectivity index (χ3v) is 2.71. The zero-order valence-corrected chi connectivity index (χ0v) is 10.2. The van der Waals surface area contributed by atoms with Gasteiger partial charge >= 0.3 is 0 Å². The lowest BCUT2D eigenvalue weighted by Crippen LogP contribution is -1.98. The first-order valence-electron chi connectivity index (χ1n) is 5.88. The van der Waals surface area contributed by atoms with Gasteiger partial charge in [0.2, 0.25) is 0 Å². The van der Waals surface area contributed by atoms with Gasteiger partial charge in [0.15, 0.2) is 5.76 Å². The van der Waals surface area contributed by atoms with Gasteiger partial charge in [-0.25, -0.2) is 0 Å². The minimum absolute atomic E-state index is 0.377. The van der Waals surface area contributed by atoms with Crippen molar-refractivity contribution in [3.63, 3.8) is 0 Å². The van der Waals surface area contributed by atoms with Crippen LogP contribution in [0.2, 0.25) is 0 Å². The van der Waals surface area contributed by atoms with Gasteiger partial charge in [-0.15, -0.1) is 0 Å². The molecule has 5 nitrogen and oxygen atoms in total. The van der Waals surface area contributed by atoms with Gasteiger partial charge in [0.1, 0.15) is 18.1 Å². The molecule has 0 saturated heterocycles. The third-order valence-electron chi connectivity index (χ3n) is 2.71. The molecule has 3 N–H and O–H groups in total. The molecule has 2 heterocycles. The largest absolute Gasteiger partial charge is 0.485 e. The molecule has 5 heteroatoms. The molecule has 0 saturated carbocycles. The predicted molar refractivity (Wildman–Crippen MR) is 71.5 cm³/mol. The molecular weight excluding hydrogens is 242 g/mol. The van der Waals surface area contributed by atoms with Crippen molar-refractivity contribution in [3.05, 3.63) is 54.4 Å². The summed E-state index contributed by atoms with van der Waals surface area (Å²) in [5.74, 6) is 1.39. The number of hydrogen-bond acceptors (Lipinski definition) is 4. The van der Waals surface area contributed by atoms with Crippen LogP contribution in [0.1, 0.15) is 5.69 Å². The molecule has 0 atom stereocenters. The van der Waals surface area contributed by atoms with Crippen LogP contribution < -0.4 is 10.5 Å². The van der Waals surface area contributed by atoms with Gasteiger partial charge in [0.05, 0.1) is 17.6 Å². The average molecular weight is 255 g/mol. The normalized spacial score (nSPS) is 10.5. The number of nitrogens with two attached hydrogens (primary N) is 1. The molecule has 0 bridgehead atoms. The van der Waals surface area contributed by atoms with E-state index in [1.165, 1.54) is 0 Å². The fourth-order valence-corrected chi connectivity index (χ4v) is 1.75. The van der Waals surface area contributed by atoms with Crippen molar-refractivity contribution in [2.75, 3.05) is 5.73 Å². The van der Waals surface area contributed by atoms with Crippen LogP contribution in [-0.2, 0) is 6.61 Å². The molecule has 0 aliphatic heterocycles. The van der Waals surface area contributed by atoms with Crippen LogP contribution in [0.4, 0.5) is 5.69 Å². The number of nitrogens with one attached hydrogen (secondary N) is 1. The van der Waals surface area contributed by atoms with Gasteiger partial charge in [-0.2, -0.15) is 5.10 Å². The van der Waals surface area contributed by atoms with E-state index in [4.69, 9.17) is 14.9 Å². The summed E-state index contributed by atoms with van der Waals surface area (Å²) in [6, 6.07) is 13.0. The summed E-state index contributed by atoms with van der Waals surface area (Å²) in [6.45, 7) is 0.377. The molecule has 3 rings (SSSR count). The zero-order valence-electron chi connectivity index (χ0n) is 10.2. The Hall–Kier alpha value is -2.69. The van der Waals surface area contributed by atoms with Crippen LogP contribution in [0.15, 0.2) is 53.1 Å². The maximum Gasteiger partial charge on any atom is 0.154 e. The number of nitrogens with zero attached hydrogens (tertiary/aromatic N) is 1. The fraction of sp³-hybridized carbons (Fsp3) is 0.0714. The van der Waals surface area contributed by atoms with Crippen LogP contribution in [0.5, 0.6) is 5.75 Å². The van der Waals surface area contributed by atoms with E-state index in [1.807, 2.05) is 36.4 Å². The molecule has 0 amide bonds. The number of H-pyrrole nitrogens is 1. The Morgan fingerprint density at radius 3 is 2.89 bits per heavy atom. The molecule has 0 radical (unpaired) electrons. The SMILES string of the molecule is Nc1ccccc1OCc1cc(-c2ccco2)n[nH]1. The van der Waals surface area contributed by atoms with E-state index >= 15 is 0 Å². The third kappa shape index (κ3) is 2.44. The summed E-state index contributed by atoms with van der Waals surface area (Å²) in [5, 5.41) is 7.07. The lowest BCUT2D eigenvalue weighted by Gasteiger charge is -2.06. The van der Waals surface area contributed by atoms with Crippen molar-refractivity contribution in [2.24, 2.45) is 0 Å². The Morgan fingerprint density at radius 2 is 2.11 bits per heavy atom. The maximum atomic E-state index is 5.80. The quantitative estimate of drug-likeness (QED) is 0.703. The minimum atomic E-state index is 0.377. The van der Waals surface area contributed by atoms with Crippen molar-refractivity contribution in [1.82, 2.24) is 10.2 Å². The van der Waals surface area contributed by atoms with Gasteiger partial charge in [-0.3, -0.25) is 5.10 Å². The topological polar surface area (TPSA) is 77.1 Å². The highest BCUT2D eigenvalue weighted by Gasteiger charge is 2.07. The number of ether oxygens (including phenoxy) is 1. The molecule has 1 aromatic carbocycles. The van der Waals surface area contributed by atoms with Gasteiger partial charge in [-0.05, 0) is 30.3 Å². The number of rotatable bonds is 4. The number of anilines is 1. The molecule has 0 aliphatic rings. The second-order valence-corrected chi connectivity index (χ2v) is 4.08. The standard InChI is InChI=1S/C14H13N3O2/c15-11-4-1-2-5-13(11)19-9-10-8-12(17-16-10)14-6-3-7-18-14/h1-8H,9,15H2,(H,16,17). The van der Waals surface area contributed by atoms with E-state index in [0.29, 0.717) is 18.0 Å². The second kappa shape index (κ2) is 4.89. The molecule has 3 aromatic rings. The van der Waals surface area contributed by atoms with Gasteiger partial charge in [-0.1, -0.05) is 12.1 Å². The first kappa shape index (κ1) is 11.4. The van der Waals surface area contributed by atoms with Crippen molar-refractivity contribution in [2.45, 2.75) is 6.61 Å². The minimum Gasteiger partial charge on any atom is -0.485 e. The molecule has 0 spiro atoms. The van der Waals surface area contributed by atoms with E-state index in [9.17, 15) is 0 Å².